The van der Waals surface area contributed by atoms with E-state index in [9.17, 15) is 17.6 Å². The van der Waals surface area contributed by atoms with Crippen LogP contribution in [0.1, 0.15) is 37.8 Å². The zero-order valence-corrected chi connectivity index (χ0v) is 19.6. The number of benzene rings is 4. The quantitative estimate of drug-likeness (QED) is 0.231. The van der Waals surface area contributed by atoms with Crippen molar-refractivity contribution in [3.8, 4) is 33.4 Å². The Morgan fingerprint density at radius 2 is 0.971 bits per heavy atom. The van der Waals surface area contributed by atoms with Gasteiger partial charge in [-0.05, 0) is 58.9 Å². The molecule has 0 aliphatic rings. The highest BCUT2D eigenvalue weighted by molar-refractivity contribution is 5.74. The molecule has 0 unspecified atom stereocenters. The van der Waals surface area contributed by atoms with E-state index in [0.29, 0.717) is 29.5 Å². The van der Waals surface area contributed by atoms with Crippen LogP contribution in [0.25, 0.3) is 33.4 Å². The van der Waals surface area contributed by atoms with Crippen LogP contribution in [0.3, 0.4) is 0 Å². The van der Waals surface area contributed by atoms with Crippen molar-refractivity contribution >= 4 is 0 Å². The van der Waals surface area contributed by atoms with E-state index in [1.54, 1.807) is 37.3 Å². The van der Waals surface area contributed by atoms with E-state index < -0.39 is 23.3 Å². The predicted molar refractivity (Wildman–Crippen MR) is 131 cm³/mol. The third-order valence-electron chi connectivity index (χ3n) is 6.14. The van der Waals surface area contributed by atoms with Crippen LogP contribution in [-0.2, 0) is 12.8 Å². The van der Waals surface area contributed by atoms with E-state index in [1.807, 2.05) is 13.0 Å². The summed E-state index contributed by atoms with van der Waals surface area (Å²) in [6, 6.07) is 16.5. The molecule has 0 nitrogen and oxygen atoms in total. The third kappa shape index (κ3) is 5.00. The SMILES string of the molecule is CCCc1ccc(-c2ccc(-c3ccc(-c4cc(F)c(CCC)c(F)c4)c(F)c3F)cc2)cc1F. The minimum atomic E-state index is -1.18. The van der Waals surface area contributed by atoms with Gasteiger partial charge < -0.3 is 0 Å². The fourth-order valence-corrected chi connectivity index (χ4v) is 4.28. The van der Waals surface area contributed by atoms with Gasteiger partial charge in [-0.1, -0.05) is 75.2 Å². The summed E-state index contributed by atoms with van der Waals surface area (Å²) in [5, 5.41) is 0. The van der Waals surface area contributed by atoms with Crippen LogP contribution in [-0.4, -0.2) is 0 Å². The molecule has 0 atom stereocenters. The molecule has 4 rings (SSSR count). The Morgan fingerprint density at radius 1 is 0.486 bits per heavy atom. The van der Waals surface area contributed by atoms with Gasteiger partial charge in [0.05, 0.1) is 0 Å². The van der Waals surface area contributed by atoms with Gasteiger partial charge in [-0.3, -0.25) is 0 Å². The average molecular weight is 481 g/mol. The maximum absolute atomic E-state index is 15.0. The topological polar surface area (TPSA) is 0 Å². The molecule has 0 aromatic heterocycles. The molecule has 0 saturated carbocycles. The number of aryl methyl sites for hydroxylation is 1. The lowest BCUT2D eigenvalue weighted by molar-refractivity contribution is 0.513. The molecule has 0 fully saturated rings. The maximum atomic E-state index is 15.0. The highest BCUT2D eigenvalue weighted by Crippen LogP contribution is 2.34. The predicted octanol–water partition coefficient (Wildman–Crippen LogP) is 9.29. The van der Waals surface area contributed by atoms with E-state index in [2.05, 4.69) is 0 Å². The van der Waals surface area contributed by atoms with Gasteiger partial charge in [0.25, 0.3) is 0 Å². The first-order valence-corrected chi connectivity index (χ1v) is 11.7. The lowest BCUT2D eigenvalue weighted by Gasteiger charge is -2.12. The fourth-order valence-electron chi connectivity index (χ4n) is 4.28. The van der Waals surface area contributed by atoms with Gasteiger partial charge in [-0.15, -0.1) is 0 Å². The summed E-state index contributed by atoms with van der Waals surface area (Å²) in [6.45, 7) is 3.79. The van der Waals surface area contributed by atoms with Gasteiger partial charge >= 0.3 is 0 Å². The average Bonchev–Trinajstić information content (AvgIpc) is 2.84. The van der Waals surface area contributed by atoms with Gasteiger partial charge in [0.15, 0.2) is 11.6 Å². The van der Waals surface area contributed by atoms with Crippen LogP contribution in [0.15, 0.2) is 66.7 Å². The highest BCUT2D eigenvalue weighted by atomic mass is 19.2. The zero-order valence-electron chi connectivity index (χ0n) is 19.6. The summed E-state index contributed by atoms with van der Waals surface area (Å²) in [5.74, 6) is -4.11. The smallest absolute Gasteiger partial charge is 0.167 e. The number of hydrogen-bond acceptors (Lipinski definition) is 0. The van der Waals surface area contributed by atoms with Crippen molar-refractivity contribution in [2.45, 2.75) is 39.5 Å². The molecule has 0 saturated heterocycles. The molecule has 0 radical (unpaired) electrons. The standard InChI is InChI=1S/C30H25F5/c1-3-5-20-11-12-21(15-26(20)31)18-7-9-19(10-8-18)23-13-14-24(30(35)29(23)34)22-16-27(32)25(6-4-2)28(33)17-22/h7-17H,3-6H2,1-2H3. The summed E-state index contributed by atoms with van der Waals surface area (Å²) in [5.41, 5.74) is 2.19. The first-order valence-electron chi connectivity index (χ1n) is 11.7. The molecular formula is C30H25F5. The summed E-state index contributed by atoms with van der Waals surface area (Å²) < 4.78 is 73.0. The van der Waals surface area contributed by atoms with Gasteiger partial charge in [-0.25, -0.2) is 22.0 Å². The van der Waals surface area contributed by atoms with Crippen LogP contribution >= 0.6 is 0 Å². The Labute approximate surface area is 202 Å². The van der Waals surface area contributed by atoms with E-state index in [0.717, 1.165) is 24.1 Å². The molecule has 0 amide bonds. The minimum absolute atomic E-state index is 0.0193. The molecular weight excluding hydrogens is 455 g/mol. The van der Waals surface area contributed by atoms with Crippen molar-refractivity contribution in [1.82, 2.24) is 0 Å². The summed E-state index contributed by atoms with van der Waals surface area (Å²) in [7, 11) is 0. The second-order valence-electron chi connectivity index (χ2n) is 8.59. The Balaban J connectivity index is 1.65. The Morgan fingerprint density at radius 3 is 1.51 bits per heavy atom. The van der Waals surface area contributed by atoms with E-state index in [4.69, 9.17) is 0 Å². The van der Waals surface area contributed by atoms with Gasteiger partial charge in [0.1, 0.15) is 17.5 Å². The van der Waals surface area contributed by atoms with Crippen molar-refractivity contribution in [3.05, 3.63) is 107 Å². The van der Waals surface area contributed by atoms with Crippen LogP contribution in [0.2, 0.25) is 0 Å². The van der Waals surface area contributed by atoms with Crippen molar-refractivity contribution in [2.24, 2.45) is 0 Å². The molecule has 35 heavy (non-hydrogen) atoms. The van der Waals surface area contributed by atoms with Crippen LogP contribution in [0, 0.1) is 29.1 Å². The molecule has 4 aromatic carbocycles. The fraction of sp³-hybridized carbons (Fsp3) is 0.200. The third-order valence-corrected chi connectivity index (χ3v) is 6.14. The molecule has 4 aromatic rings. The monoisotopic (exact) mass is 480 g/mol. The second-order valence-corrected chi connectivity index (χ2v) is 8.59. The lowest BCUT2D eigenvalue weighted by Crippen LogP contribution is -1.99. The number of hydrogen-bond donors (Lipinski definition) is 0. The van der Waals surface area contributed by atoms with E-state index in [1.165, 1.54) is 18.2 Å². The van der Waals surface area contributed by atoms with Crippen LogP contribution < -0.4 is 0 Å². The van der Waals surface area contributed by atoms with Crippen molar-refractivity contribution in [3.63, 3.8) is 0 Å². The largest absolute Gasteiger partial charge is 0.207 e. The van der Waals surface area contributed by atoms with Crippen molar-refractivity contribution < 1.29 is 22.0 Å². The number of halogens is 5. The first-order chi connectivity index (χ1) is 16.8. The zero-order chi connectivity index (χ0) is 25.1. The Bertz CT molecular complexity index is 1330. The molecule has 0 N–H and O–H groups in total. The van der Waals surface area contributed by atoms with Crippen LogP contribution in [0.4, 0.5) is 22.0 Å². The van der Waals surface area contributed by atoms with E-state index in [-0.39, 0.29) is 34.5 Å². The molecule has 5 heteroatoms. The molecule has 0 aliphatic carbocycles. The highest BCUT2D eigenvalue weighted by Gasteiger charge is 2.19. The second kappa shape index (κ2) is 10.4. The van der Waals surface area contributed by atoms with Gasteiger partial charge in [-0.2, -0.15) is 0 Å². The maximum Gasteiger partial charge on any atom is 0.167 e. The summed E-state index contributed by atoms with van der Waals surface area (Å²) in [6.07, 6.45) is 2.29. The Hall–Kier alpha value is -3.47. The summed E-state index contributed by atoms with van der Waals surface area (Å²) in [4.78, 5) is 0. The normalized spacial score (nSPS) is 11.2. The number of rotatable bonds is 7. The van der Waals surface area contributed by atoms with Crippen molar-refractivity contribution in [1.29, 1.82) is 0 Å². The first kappa shape index (κ1) is 24.6. The molecule has 0 heterocycles. The molecule has 0 aliphatic heterocycles. The Kier molecular flexibility index (Phi) is 7.34. The minimum Gasteiger partial charge on any atom is -0.207 e. The van der Waals surface area contributed by atoms with Crippen molar-refractivity contribution in [2.75, 3.05) is 0 Å². The van der Waals surface area contributed by atoms with Crippen LogP contribution in [0.5, 0.6) is 0 Å². The lowest BCUT2D eigenvalue weighted by atomic mass is 9.95. The van der Waals surface area contributed by atoms with Gasteiger partial charge in [0.2, 0.25) is 0 Å². The van der Waals surface area contributed by atoms with E-state index >= 15 is 4.39 Å². The molecule has 180 valence electrons. The van der Waals surface area contributed by atoms with Gasteiger partial charge in [0, 0.05) is 16.7 Å². The molecule has 0 bridgehead atoms. The molecule has 0 spiro atoms. The summed E-state index contributed by atoms with van der Waals surface area (Å²) >= 11 is 0.